The number of fused-ring (bicyclic) bond motifs is 1. The van der Waals surface area contributed by atoms with Crippen LogP contribution in [0.1, 0.15) is 24.2 Å². The maximum Gasteiger partial charge on any atom is 0.254 e. The standard InChI is InChI=1S/C20H19F2N3O3S/c1-3-25(10-17(26)24-18-13(21)5-4-6-14(18)22)20(28)12-7-8-16-15(9-12)23-19(27)11(2)29-16/h4-9,11H,3,10H2,1-2H3,(H,23,27)(H,24,26)/t11-/m1/s1. The van der Waals surface area contributed by atoms with Crippen LogP contribution in [0.5, 0.6) is 0 Å². The summed E-state index contributed by atoms with van der Waals surface area (Å²) in [6.45, 7) is 3.31. The van der Waals surface area contributed by atoms with Gasteiger partial charge in [0.1, 0.15) is 23.9 Å². The molecule has 0 radical (unpaired) electrons. The normalized spacial score (nSPS) is 15.3. The molecule has 0 aliphatic carbocycles. The number of thioether (sulfide) groups is 1. The van der Waals surface area contributed by atoms with Crippen LogP contribution < -0.4 is 10.6 Å². The number of carbonyl (C=O) groups excluding carboxylic acids is 3. The average molecular weight is 419 g/mol. The molecule has 1 atom stereocenters. The smallest absolute Gasteiger partial charge is 0.254 e. The van der Waals surface area contributed by atoms with E-state index in [9.17, 15) is 23.2 Å². The first-order chi connectivity index (χ1) is 13.8. The molecule has 2 aromatic rings. The van der Waals surface area contributed by atoms with E-state index < -0.39 is 29.1 Å². The number of rotatable bonds is 5. The summed E-state index contributed by atoms with van der Waals surface area (Å²) in [6.07, 6.45) is 0. The first-order valence-corrected chi connectivity index (χ1v) is 9.82. The van der Waals surface area contributed by atoms with Crippen molar-refractivity contribution in [1.29, 1.82) is 0 Å². The van der Waals surface area contributed by atoms with Gasteiger partial charge in [0.05, 0.1) is 10.9 Å². The van der Waals surface area contributed by atoms with Crippen molar-refractivity contribution in [2.75, 3.05) is 23.7 Å². The van der Waals surface area contributed by atoms with E-state index in [1.165, 1.54) is 22.7 Å². The van der Waals surface area contributed by atoms with Crippen LogP contribution in [0.3, 0.4) is 0 Å². The van der Waals surface area contributed by atoms with Gasteiger partial charge in [-0.15, -0.1) is 11.8 Å². The van der Waals surface area contributed by atoms with Gasteiger partial charge in [-0.1, -0.05) is 6.07 Å². The molecular formula is C20H19F2N3O3S. The third-order valence-corrected chi connectivity index (χ3v) is 5.57. The fourth-order valence-corrected chi connectivity index (χ4v) is 3.75. The van der Waals surface area contributed by atoms with Gasteiger partial charge in [0.25, 0.3) is 5.91 Å². The SMILES string of the molecule is CCN(CC(=O)Nc1c(F)cccc1F)C(=O)c1ccc2c(c1)NC(=O)[C@@H](C)S2. The van der Waals surface area contributed by atoms with Crippen molar-refractivity contribution < 1.29 is 23.2 Å². The molecule has 1 heterocycles. The minimum absolute atomic E-state index is 0.147. The van der Waals surface area contributed by atoms with Gasteiger partial charge in [-0.05, 0) is 44.2 Å². The predicted octanol–water partition coefficient (Wildman–Crippen LogP) is 3.50. The van der Waals surface area contributed by atoms with Crippen LogP contribution >= 0.6 is 11.8 Å². The van der Waals surface area contributed by atoms with Crippen LogP contribution in [-0.2, 0) is 9.59 Å². The molecule has 6 nitrogen and oxygen atoms in total. The number of nitrogens with zero attached hydrogens (tertiary/aromatic N) is 1. The summed E-state index contributed by atoms with van der Waals surface area (Å²) in [4.78, 5) is 39.0. The Morgan fingerprint density at radius 1 is 1.21 bits per heavy atom. The van der Waals surface area contributed by atoms with E-state index in [0.29, 0.717) is 11.3 Å². The van der Waals surface area contributed by atoms with Crippen molar-refractivity contribution in [3.63, 3.8) is 0 Å². The fourth-order valence-electron chi connectivity index (χ4n) is 2.82. The molecule has 3 rings (SSSR count). The van der Waals surface area contributed by atoms with Crippen molar-refractivity contribution in [3.05, 3.63) is 53.6 Å². The number of benzene rings is 2. The van der Waals surface area contributed by atoms with Crippen LogP contribution in [0.4, 0.5) is 20.2 Å². The van der Waals surface area contributed by atoms with Gasteiger partial charge in [0.15, 0.2) is 0 Å². The Hall–Kier alpha value is -2.94. The molecule has 3 amide bonds. The largest absolute Gasteiger partial charge is 0.330 e. The first-order valence-electron chi connectivity index (χ1n) is 8.94. The summed E-state index contributed by atoms with van der Waals surface area (Å²) in [5.74, 6) is -3.10. The van der Waals surface area contributed by atoms with Crippen molar-refractivity contribution >= 4 is 40.9 Å². The lowest BCUT2D eigenvalue weighted by molar-refractivity contribution is -0.117. The summed E-state index contributed by atoms with van der Waals surface area (Å²) < 4.78 is 27.4. The third kappa shape index (κ3) is 4.56. The summed E-state index contributed by atoms with van der Waals surface area (Å²) in [5.41, 5.74) is 0.285. The lowest BCUT2D eigenvalue weighted by Gasteiger charge is -2.24. The third-order valence-electron chi connectivity index (χ3n) is 4.39. The van der Waals surface area contributed by atoms with Gasteiger partial charge in [-0.2, -0.15) is 0 Å². The van der Waals surface area contributed by atoms with Crippen molar-refractivity contribution in [2.45, 2.75) is 24.0 Å². The zero-order valence-electron chi connectivity index (χ0n) is 15.8. The molecule has 1 aliphatic rings. The van der Waals surface area contributed by atoms with E-state index in [1.807, 2.05) is 0 Å². The highest BCUT2D eigenvalue weighted by Gasteiger charge is 2.25. The first kappa shape index (κ1) is 20.8. The second-order valence-electron chi connectivity index (χ2n) is 6.42. The number of likely N-dealkylation sites (N-methyl/N-ethyl adjacent to an activating group) is 1. The average Bonchev–Trinajstić information content (AvgIpc) is 2.69. The molecule has 2 N–H and O–H groups in total. The van der Waals surface area contributed by atoms with Gasteiger partial charge >= 0.3 is 0 Å². The maximum atomic E-state index is 13.7. The van der Waals surface area contributed by atoms with Crippen LogP contribution in [-0.4, -0.2) is 41.0 Å². The predicted molar refractivity (Wildman–Crippen MR) is 107 cm³/mol. The van der Waals surface area contributed by atoms with Crippen LogP contribution in [0.2, 0.25) is 0 Å². The van der Waals surface area contributed by atoms with Crippen LogP contribution in [0.25, 0.3) is 0 Å². The minimum Gasteiger partial charge on any atom is -0.330 e. The second-order valence-corrected chi connectivity index (χ2v) is 7.81. The van der Waals surface area contributed by atoms with E-state index in [4.69, 9.17) is 0 Å². The topological polar surface area (TPSA) is 78.5 Å². The minimum atomic E-state index is -0.898. The number of halogens is 2. The Balaban J connectivity index is 1.73. The Bertz CT molecular complexity index is 963. The zero-order chi connectivity index (χ0) is 21.1. The number of hydrogen-bond acceptors (Lipinski definition) is 4. The van der Waals surface area contributed by atoms with Crippen LogP contribution in [0, 0.1) is 11.6 Å². The highest BCUT2D eigenvalue weighted by molar-refractivity contribution is 8.00. The molecule has 0 fully saturated rings. The van der Waals surface area contributed by atoms with Gasteiger partial charge in [0, 0.05) is 17.0 Å². The molecule has 0 unspecified atom stereocenters. The summed E-state index contributed by atoms with van der Waals surface area (Å²) in [6, 6.07) is 8.17. The lowest BCUT2D eigenvalue weighted by atomic mass is 10.1. The summed E-state index contributed by atoms with van der Waals surface area (Å²) >= 11 is 1.40. The highest BCUT2D eigenvalue weighted by atomic mass is 32.2. The number of hydrogen-bond donors (Lipinski definition) is 2. The van der Waals surface area contributed by atoms with Crippen molar-refractivity contribution in [3.8, 4) is 0 Å². The molecule has 0 spiro atoms. The summed E-state index contributed by atoms with van der Waals surface area (Å²) in [7, 11) is 0. The molecular weight excluding hydrogens is 400 g/mol. The van der Waals surface area contributed by atoms with Crippen molar-refractivity contribution in [2.24, 2.45) is 0 Å². The van der Waals surface area contributed by atoms with E-state index >= 15 is 0 Å². The molecule has 0 aromatic heterocycles. The zero-order valence-corrected chi connectivity index (χ0v) is 16.6. The number of amides is 3. The van der Waals surface area contributed by atoms with Gasteiger partial charge < -0.3 is 15.5 Å². The molecule has 152 valence electrons. The molecule has 0 saturated carbocycles. The van der Waals surface area contributed by atoms with Gasteiger partial charge in [-0.25, -0.2) is 8.78 Å². The molecule has 0 saturated heterocycles. The molecule has 1 aliphatic heterocycles. The van der Waals surface area contributed by atoms with E-state index in [-0.39, 0.29) is 24.2 Å². The maximum absolute atomic E-state index is 13.7. The van der Waals surface area contributed by atoms with Gasteiger partial charge in [0.2, 0.25) is 11.8 Å². The molecule has 2 aromatic carbocycles. The number of para-hydroxylation sites is 1. The summed E-state index contributed by atoms with van der Waals surface area (Å²) in [5, 5.41) is 4.70. The lowest BCUT2D eigenvalue weighted by Crippen LogP contribution is -2.38. The number of nitrogens with one attached hydrogen (secondary N) is 2. The van der Waals surface area contributed by atoms with Crippen LogP contribution in [0.15, 0.2) is 41.3 Å². The monoisotopic (exact) mass is 419 g/mol. The number of carbonyl (C=O) groups is 3. The Morgan fingerprint density at radius 3 is 2.55 bits per heavy atom. The van der Waals surface area contributed by atoms with E-state index in [0.717, 1.165) is 17.0 Å². The van der Waals surface area contributed by atoms with Gasteiger partial charge in [-0.3, -0.25) is 14.4 Å². The highest BCUT2D eigenvalue weighted by Crippen LogP contribution is 2.36. The molecule has 0 bridgehead atoms. The molecule has 9 heteroatoms. The Morgan fingerprint density at radius 2 is 1.90 bits per heavy atom. The Kier molecular flexibility index (Phi) is 6.17. The number of anilines is 2. The quantitative estimate of drug-likeness (QED) is 0.778. The van der Waals surface area contributed by atoms with E-state index in [1.54, 1.807) is 32.0 Å². The van der Waals surface area contributed by atoms with Crippen molar-refractivity contribution in [1.82, 2.24) is 4.90 Å². The molecule has 29 heavy (non-hydrogen) atoms. The van der Waals surface area contributed by atoms with E-state index in [2.05, 4.69) is 10.6 Å². The Labute approximate surface area is 170 Å². The fraction of sp³-hybridized carbons (Fsp3) is 0.250. The second kappa shape index (κ2) is 8.60.